The molecule has 0 unspecified atom stereocenters. The highest BCUT2D eigenvalue weighted by Crippen LogP contribution is 2.13. The number of rotatable bonds is 4. The summed E-state index contributed by atoms with van der Waals surface area (Å²) in [6.45, 7) is 0.266. The van der Waals surface area contributed by atoms with Crippen molar-refractivity contribution in [2.45, 2.75) is 13.1 Å². The van der Waals surface area contributed by atoms with E-state index in [1.165, 1.54) is 18.2 Å². The van der Waals surface area contributed by atoms with E-state index >= 15 is 0 Å². The van der Waals surface area contributed by atoms with Crippen molar-refractivity contribution in [1.29, 1.82) is 0 Å². The number of amides is 1. The molecule has 0 bridgehead atoms. The molecule has 0 spiro atoms. The number of benzene rings is 1. The summed E-state index contributed by atoms with van der Waals surface area (Å²) in [5.41, 5.74) is 1.04. The second kappa shape index (κ2) is 7.04. The number of carbonyl (C=O) groups excluding carboxylic acids is 1. The summed E-state index contributed by atoms with van der Waals surface area (Å²) < 4.78 is 38.4. The van der Waals surface area contributed by atoms with Gasteiger partial charge in [0.25, 0.3) is 5.91 Å². The molecule has 1 aliphatic rings. The number of alkyl halides is 2. The van der Waals surface area contributed by atoms with Gasteiger partial charge >= 0.3 is 6.55 Å². The maximum Gasteiger partial charge on any atom is 0.333 e. The third-order valence-corrected chi connectivity index (χ3v) is 4.01. The number of carbonyl (C=O) groups is 1. The van der Waals surface area contributed by atoms with E-state index in [2.05, 4.69) is 10.00 Å². The van der Waals surface area contributed by atoms with Crippen LogP contribution in [0.3, 0.4) is 0 Å². The van der Waals surface area contributed by atoms with Crippen LogP contribution in [0.25, 0.3) is 0 Å². The highest BCUT2D eigenvalue weighted by atomic mass is 19.3. The molecule has 1 aliphatic heterocycles. The van der Waals surface area contributed by atoms with Gasteiger partial charge in [0.2, 0.25) is 0 Å². The molecular formula is C16H17F3N4O. The van der Waals surface area contributed by atoms with Crippen molar-refractivity contribution in [3.05, 3.63) is 53.6 Å². The Bertz CT molecular complexity index is 694. The summed E-state index contributed by atoms with van der Waals surface area (Å²) in [7, 11) is 0. The first kappa shape index (κ1) is 16.5. The lowest BCUT2D eigenvalue weighted by atomic mass is 10.2. The Balaban J connectivity index is 1.54. The van der Waals surface area contributed by atoms with E-state index in [-0.39, 0.29) is 17.4 Å². The fourth-order valence-corrected chi connectivity index (χ4v) is 2.68. The van der Waals surface area contributed by atoms with Crippen LogP contribution in [-0.4, -0.2) is 51.7 Å². The number of hydrogen-bond donors (Lipinski definition) is 0. The molecule has 2 heterocycles. The van der Waals surface area contributed by atoms with Gasteiger partial charge in [0, 0.05) is 38.9 Å². The molecule has 3 rings (SSSR count). The Morgan fingerprint density at radius 1 is 1.08 bits per heavy atom. The van der Waals surface area contributed by atoms with Crippen molar-refractivity contribution in [2.75, 3.05) is 26.2 Å². The second-order valence-electron chi connectivity index (χ2n) is 5.65. The summed E-state index contributed by atoms with van der Waals surface area (Å²) in [5, 5.41) is 3.61. The van der Waals surface area contributed by atoms with Crippen LogP contribution in [0.5, 0.6) is 0 Å². The topological polar surface area (TPSA) is 41.4 Å². The Morgan fingerprint density at radius 3 is 2.33 bits per heavy atom. The van der Waals surface area contributed by atoms with Gasteiger partial charge in [0.1, 0.15) is 5.82 Å². The number of aromatic nitrogens is 2. The molecule has 8 heteroatoms. The summed E-state index contributed by atoms with van der Waals surface area (Å²) in [6, 6.07) is 7.63. The molecule has 5 nitrogen and oxygen atoms in total. The van der Waals surface area contributed by atoms with Crippen LogP contribution in [0.4, 0.5) is 13.2 Å². The van der Waals surface area contributed by atoms with Crippen LogP contribution < -0.4 is 0 Å². The number of hydrogen-bond acceptors (Lipinski definition) is 3. The average Bonchev–Trinajstić information content (AvgIpc) is 3.07. The SMILES string of the molecule is O=C(c1ccn(C(F)F)n1)N1CCN(Cc2ccc(F)cc2)CC1. The first-order valence-corrected chi connectivity index (χ1v) is 7.62. The lowest BCUT2D eigenvalue weighted by Crippen LogP contribution is -2.48. The molecule has 1 fully saturated rings. The highest BCUT2D eigenvalue weighted by Gasteiger charge is 2.24. The van der Waals surface area contributed by atoms with E-state index in [9.17, 15) is 18.0 Å². The minimum atomic E-state index is -2.75. The molecule has 1 saturated heterocycles. The molecule has 1 aromatic heterocycles. The first-order chi connectivity index (χ1) is 11.5. The van der Waals surface area contributed by atoms with Gasteiger partial charge in [-0.25, -0.2) is 9.07 Å². The first-order valence-electron chi connectivity index (χ1n) is 7.62. The zero-order valence-corrected chi connectivity index (χ0v) is 12.9. The molecule has 0 radical (unpaired) electrons. The van der Waals surface area contributed by atoms with E-state index in [1.807, 2.05) is 0 Å². The van der Waals surface area contributed by atoms with E-state index in [4.69, 9.17) is 0 Å². The van der Waals surface area contributed by atoms with Crippen molar-refractivity contribution in [3.63, 3.8) is 0 Å². The van der Waals surface area contributed by atoms with Gasteiger partial charge < -0.3 is 4.90 Å². The molecule has 1 aromatic carbocycles. The second-order valence-corrected chi connectivity index (χ2v) is 5.65. The zero-order valence-electron chi connectivity index (χ0n) is 12.9. The fraction of sp³-hybridized carbons (Fsp3) is 0.375. The fourth-order valence-electron chi connectivity index (χ4n) is 2.68. The van der Waals surface area contributed by atoms with Crippen LogP contribution >= 0.6 is 0 Å². The normalized spacial score (nSPS) is 15.9. The van der Waals surface area contributed by atoms with Crippen molar-refractivity contribution in [3.8, 4) is 0 Å². The van der Waals surface area contributed by atoms with Crippen molar-refractivity contribution >= 4 is 5.91 Å². The lowest BCUT2D eigenvalue weighted by molar-refractivity contribution is 0.0534. The minimum absolute atomic E-state index is 0.0299. The van der Waals surface area contributed by atoms with Gasteiger partial charge in [0.15, 0.2) is 5.69 Å². The quantitative estimate of drug-likeness (QED) is 0.859. The van der Waals surface area contributed by atoms with Crippen molar-refractivity contribution in [2.24, 2.45) is 0 Å². The summed E-state index contributed by atoms with van der Waals surface area (Å²) in [5.74, 6) is -0.603. The van der Waals surface area contributed by atoms with Gasteiger partial charge in [-0.1, -0.05) is 12.1 Å². The Morgan fingerprint density at radius 2 is 1.75 bits per heavy atom. The zero-order chi connectivity index (χ0) is 17.1. The van der Waals surface area contributed by atoms with Gasteiger partial charge in [0.05, 0.1) is 0 Å². The molecule has 128 valence electrons. The maximum atomic E-state index is 12.9. The van der Waals surface area contributed by atoms with Crippen LogP contribution in [0.1, 0.15) is 22.6 Å². The van der Waals surface area contributed by atoms with Crippen LogP contribution in [-0.2, 0) is 6.54 Å². The van der Waals surface area contributed by atoms with Crippen LogP contribution in [0, 0.1) is 5.82 Å². The van der Waals surface area contributed by atoms with Crippen LogP contribution in [0.2, 0.25) is 0 Å². The van der Waals surface area contributed by atoms with Gasteiger partial charge in [-0.15, -0.1) is 0 Å². The third kappa shape index (κ3) is 3.76. The van der Waals surface area contributed by atoms with Gasteiger partial charge in [-0.05, 0) is 23.8 Å². The molecule has 0 saturated carbocycles. The summed E-state index contributed by atoms with van der Waals surface area (Å²) in [6.07, 6.45) is 1.10. The standard InChI is InChI=1S/C16H17F3N4O/c17-13-3-1-12(2-4-13)11-21-7-9-22(10-8-21)15(24)14-5-6-23(20-14)16(18)19/h1-6,16H,7-11H2. The molecular weight excluding hydrogens is 321 g/mol. The van der Waals surface area contributed by atoms with E-state index in [0.717, 1.165) is 11.8 Å². The van der Waals surface area contributed by atoms with Crippen molar-refractivity contribution in [1.82, 2.24) is 19.6 Å². The maximum absolute atomic E-state index is 12.9. The summed E-state index contributed by atoms with van der Waals surface area (Å²) >= 11 is 0. The van der Waals surface area contributed by atoms with E-state index < -0.39 is 6.55 Å². The lowest BCUT2D eigenvalue weighted by Gasteiger charge is -2.34. The molecule has 0 N–H and O–H groups in total. The average molecular weight is 338 g/mol. The Labute approximate surface area is 137 Å². The van der Waals surface area contributed by atoms with Crippen molar-refractivity contribution < 1.29 is 18.0 Å². The number of halogens is 3. The Hall–Kier alpha value is -2.35. The van der Waals surface area contributed by atoms with Gasteiger partial charge in [-0.2, -0.15) is 13.9 Å². The smallest absolute Gasteiger partial charge is 0.333 e. The van der Waals surface area contributed by atoms with E-state index in [1.54, 1.807) is 17.0 Å². The predicted molar refractivity (Wildman–Crippen MR) is 81.1 cm³/mol. The van der Waals surface area contributed by atoms with Gasteiger partial charge in [-0.3, -0.25) is 9.69 Å². The third-order valence-electron chi connectivity index (χ3n) is 4.01. The highest BCUT2D eigenvalue weighted by molar-refractivity contribution is 5.92. The Kier molecular flexibility index (Phi) is 4.84. The monoisotopic (exact) mass is 338 g/mol. The number of nitrogens with zero attached hydrogens (tertiary/aromatic N) is 4. The molecule has 2 aromatic rings. The molecule has 0 aliphatic carbocycles. The number of piperazine rings is 1. The predicted octanol–water partition coefficient (Wildman–Crippen LogP) is 2.38. The van der Waals surface area contributed by atoms with E-state index in [0.29, 0.717) is 37.4 Å². The molecule has 24 heavy (non-hydrogen) atoms. The van der Waals surface area contributed by atoms with Crippen LogP contribution in [0.15, 0.2) is 36.5 Å². The molecule has 1 amide bonds. The largest absolute Gasteiger partial charge is 0.335 e. The minimum Gasteiger partial charge on any atom is -0.335 e. The summed E-state index contributed by atoms with van der Waals surface area (Å²) in [4.78, 5) is 16.1. The molecule has 0 atom stereocenters.